The Kier molecular flexibility index (Phi) is 8.45. The Bertz CT molecular complexity index is 1310. The van der Waals surface area contributed by atoms with Gasteiger partial charge in [0.05, 0.1) is 23.1 Å². The number of likely N-dealkylation sites (N-methyl/N-ethyl adjacent to an activating group) is 1. The van der Waals surface area contributed by atoms with Gasteiger partial charge >= 0.3 is 12.0 Å². The quantitative estimate of drug-likeness (QED) is 0.515. The van der Waals surface area contributed by atoms with Gasteiger partial charge in [-0.25, -0.2) is 18.0 Å². The van der Waals surface area contributed by atoms with Crippen molar-refractivity contribution in [1.29, 1.82) is 0 Å². The fourth-order valence-corrected chi connectivity index (χ4v) is 6.23. The van der Waals surface area contributed by atoms with Crippen LogP contribution >= 0.6 is 23.2 Å². The molecule has 1 saturated heterocycles. The number of carbonyl (C=O) groups excluding carboxylic acids is 2. The van der Waals surface area contributed by atoms with Crippen molar-refractivity contribution in [2.45, 2.75) is 17.9 Å². The lowest BCUT2D eigenvalue weighted by Crippen LogP contribution is -2.53. The number of sulfonamides is 1. The van der Waals surface area contributed by atoms with E-state index >= 15 is 0 Å². The first-order valence-corrected chi connectivity index (χ1v) is 14.0. The molecule has 1 unspecified atom stereocenters. The van der Waals surface area contributed by atoms with Crippen LogP contribution in [0.15, 0.2) is 64.7 Å². The second-order valence-corrected chi connectivity index (χ2v) is 11.5. The van der Waals surface area contributed by atoms with Gasteiger partial charge in [0, 0.05) is 55.5 Å². The van der Waals surface area contributed by atoms with Gasteiger partial charge in [0.15, 0.2) is 0 Å². The number of ether oxygens (including phenoxy) is 1. The van der Waals surface area contributed by atoms with Crippen LogP contribution in [0.2, 0.25) is 10.0 Å². The van der Waals surface area contributed by atoms with Gasteiger partial charge in [-0.15, -0.1) is 0 Å². The minimum absolute atomic E-state index is 0.170. The van der Waals surface area contributed by atoms with Gasteiger partial charge in [-0.1, -0.05) is 41.4 Å². The largest absolute Gasteiger partial charge is 0.463 e. The maximum absolute atomic E-state index is 13.1. The van der Waals surface area contributed by atoms with E-state index < -0.39 is 22.0 Å². The van der Waals surface area contributed by atoms with Crippen molar-refractivity contribution < 1.29 is 22.7 Å². The molecule has 1 N–H and O–H groups in total. The maximum atomic E-state index is 13.1. The number of nitrogens with zero attached hydrogens (tertiary/aromatic N) is 3. The summed E-state index contributed by atoms with van der Waals surface area (Å²) < 4.78 is 32.9. The topological polar surface area (TPSA) is 99.3 Å². The summed E-state index contributed by atoms with van der Waals surface area (Å²) >= 11 is 12.3. The first kappa shape index (κ1) is 27.4. The average molecular weight is 567 g/mol. The highest BCUT2D eigenvalue weighted by molar-refractivity contribution is 7.89. The highest BCUT2D eigenvalue weighted by Gasteiger charge is 2.39. The van der Waals surface area contributed by atoms with Crippen molar-refractivity contribution in [3.05, 3.63) is 75.4 Å². The predicted molar refractivity (Wildman–Crippen MR) is 141 cm³/mol. The molecule has 12 heteroatoms. The zero-order valence-corrected chi connectivity index (χ0v) is 22.8. The van der Waals surface area contributed by atoms with Gasteiger partial charge in [-0.2, -0.15) is 4.31 Å². The van der Waals surface area contributed by atoms with Gasteiger partial charge in [0.1, 0.15) is 0 Å². The zero-order valence-electron chi connectivity index (χ0n) is 20.5. The number of urea groups is 1. The molecule has 2 amide bonds. The van der Waals surface area contributed by atoms with Crippen LogP contribution < -0.4 is 5.32 Å². The van der Waals surface area contributed by atoms with E-state index in [1.165, 1.54) is 21.3 Å². The molecule has 2 aromatic carbocycles. The molecule has 1 fully saturated rings. The summed E-state index contributed by atoms with van der Waals surface area (Å²) in [6.45, 7) is 3.50. The molecular weight excluding hydrogens is 539 g/mol. The van der Waals surface area contributed by atoms with Crippen molar-refractivity contribution in [3.8, 4) is 0 Å². The monoisotopic (exact) mass is 566 g/mol. The normalized spacial score (nSPS) is 19.6. The highest BCUT2D eigenvalue weighted by atomic mass is 35.5. The van der Waals surface area contributed by atoms with Crippen LogP contribution in [-0.2, 0) is 19.6 Å². The molecule has 0 radical (unpaired) electrons. The molecule has 2 heterocycles. The molecule has 198 valence electrons. The standard InChI is InChI=1S/C25H28Cl2N4O5S/c1-3-36-24(32)22-21(29(2)25(33)28-23(22)19-6-4-5-7-20(19)27)16-30-12-14-31(15-13-30)37(34,35)18-10-8-17(26)9-11-18/h4-11,23H,3,12-16H2,1-2H3,(H,28,33). The second-order valence-electron chi connectivity index (χ2n) is 8.68. The van der Waals surface area contributed by atoms with Gasteiger partial charge in [-0.3, -0.25) is 9.80 Å². The lowest BCUT2D eigenvalue weighted by Gasteiger charge is -2.39. The van der Waals surface area contributed by atoms with E-state index in [1.807, 2.05) is 4.90 Å². The third-order valence-corrected chi connectivity index (χ3v) is 8.95. The first-order chi connectivity index (χ1) is 17.6. The zero-order chi connectivity index (χ0) is 26.7. The summed E-state index contributed by atoms with van der Waals surface area (Å²) in [6.07, 6.45) is 0. The summed E-state index contributed by atoms with van der Waals surface area (Å²) in [5.41, 5.74) is 1.37. The van der Waals surface area contributed by atoms with Crippen LogP contribution in [0, 0.1) is 0 Å². The molecule has 4 rings (SSSR count). The molecule has 37 heavy (non-hydrogen) atoms. The van der Waals surface area contributed by atoms with Crippen LogP contribution in [0.3, 0.4) is 0 Å². The van der Waals surface area contributed by atoms with Gasteiger partial charge in [0.2, 0.25) is 10.0 Å². The van der Waals surface area contributed by atoms with E-state index in [4.69, 9.17) is 27.9 Å². The maximum Gasteiger partial charge on any atom is 0.338 e. The Morgan fingerprint density at radius 1 is 1.05 bits per heavy atom. The fourth-order valence-electron chi connectivity index (χ4n) is 4.44. The molecule has 0 bridgehead atoms. The Labute approximate surface area is 226 Å². The number of nitrogens with one attached hydrogen (secondary N) is 1. The third-order valence-electron chi connectivity index (χ3n) is 6.44. The number of piperazine rings is 1. The Morgan fingerprint density at radius 3 is 2.32 bits per heavy atom. The molecule has 2 aliphatic rings. The summed E-state index contributed by atoms with van der Waals surface area (Å²) in [7, 11) is -2.07. The van der Waals surface area contributed by atoms with Gasteiger partial charge in [0.25, 0.3) is 0 Å². The minimum atomic E-state index is -3.66. The van der Waals surface area contributed by atoms with Crippen molar-refractivity contribution in [1.82, 2.24) is 19.4 Å². The average Bonchev–Trinajstić information content (AvgIpc) is 2.87. The van der Waals surface area contributed by atoms with E-state index in [1.54, 1.807) is 50.4 Å². The lowest BCUT2D eigenvalue weighted by atomic mass is 9.94. The molecule has 0 aromatic heterocycles. The lowest BCUT2D eigenvalue weighted by molar-refractivity contribution is -0.139. The van der Waals surface area contributed by atoms with Crippen LogP contribution in [0.25, 0.3) is 0 Å². The Balaban J connectivity index is 1.59. The molecule has 0 saturated carbocycles. The number of halogens is 2. The molecular formula is C25H28Cl2N4O5S. The fraction of sp³-hybridized carbons (Fsp3) is 0.360. The molecule has 9 nitrogen and oxygen atoms in total. The number of amides is 2. The van der Waals surface area contributed by atoms with Crippen molar-refractivity contribution >= 4 is 45.2 Å². The van der Waals surface area contributed by atoms with Crippen molar-refractivity contribution in [2.75, 3.05) is 46.4 Å². The first-order valence-electron chi connectivity index (χ1n) is 11.8. The van der Waals surface area contributed by atoms with Gasteiger partial charge in [-0.05, 0) is 42.8 Å². The van der Waals surface area contributed by atoms with Crippen LogP contribution in [-0.4, -0.2) is 80.9 Å². The molecule has 2 aliphatic heterocycles. The van der Waals surface area contributed by atoms with Crippen LogP contribution in [0.1, 0.15) is 18.5 Å². The minimum Gasteiger partial charge on any atom is -0.463 e. The van der Waals surface area contributed by atoms with Crippen molar-refractivity contribution in [3.63, 3.8) is 0 Å². The Hall–Kier alpha value is -2.63. The summed E-state index contributed by atoms with van der Waals surface area (Å²) in [6, 6.07) is 11.9. The predicted octanol–water partition coefficient (Wildman–Crippen LogP) is 3.51. The summed E-state index contributed by atoms with van der Waals surface area (Å²) in [5, 5.41) is 3.74. The third kappa shape index (κ3) is 5.78. The highest BCUT2D eigenvalue weighted by Crippen LogP contribution is 2.35. The van der Waals surface area contributed by atoms with E-state index in [9.17, 15) is 18.0 Å². The summed E-state index contributed by atoms with van der Waals surface area (Å²) in [4.78, 5) is 29.6. The van der Waals surface area contributed by atoms with E-state index in [-0.39, 0.29) is 37.2 Å². The van der Waals surface area contributed by atoms with E-state index in [2.05, 4.69) is 5.32 Å². The number of carbonyl (C=O) groups is 2. The van der Waals surface area contributed by atoms with E-state index in [0.29, 0.717) is 40.0 Å². The number of benzene rings is 2. The van der Waals surface area contributed by atoms with Crippen molar-refractivity contribution in [2.24, 2.45) is 0 Å². The summed E-state index contributed by atoms with van der Waals surface area (Å²) in [5.74, 6) is -0.543. The van der Waals surface area contributed by atoms with Crippen LogP contribution in [0.4, 0.5) is 4.79 Å². The van der Waals surface area contributed by atoms with E-state index in [0.717, 1.165) is 0 Å². The molecule has 0 aliphatic carbocycles. The smallest absolute Gasteiger partial charge is 0.338 e. The van der Waals surface area contributed by atoms with Crippen LogP contribution in [0.5, 0.6) is 0 Å². The Morgan fingerprint density at radius 2 is 1.70 bits per heavy atom. The number of hydrogen-bond donors (Lipinski definition) is 1. The number of rotatable bonds is 7. The van der Waals surface area contributed by atoms with Gasteiger partial charge < -0.3 is 10.1 Å². The number of esters is 1. The molecule has 1 atom stereocenters. The SMILES string of the molecule is CCOC(=O)C1=C(CN2CCN(S(=O)(=O)c3ccc(Cl)cc3)CC2)N(C)C(=O)NC1c1ccccc1Cl. The molecule has 2 aromatic rings. The second kappa shape index (κ2) is 11.4. The number of hydrogen-bond acceptors (Lipinski definition) is 6. The molecule has 0 spiro atoms.